The van der Waals surface area contributed by atoms with Crippen molar-refractivity contribution in [3.63, 3.8) is 0 Å². The van der Waals surface area contributed by atoms with Gasteiger partial charge < -0.3 is 21.1 Å². The van der Waals surface area contributed by atoms with Crippen molar-refractivity contribution >= 4 is 11.6 Å². The summed E-state index contributed by atoms with van der Waals surface area (Å²) in [5.74, 6) is 2.26. The number of ether oxygens (including phenoxy) is 1. The minimum atomic E-state index is 0.00956. The molecule has 0 bridgehead atoms. The fourth-order valence-corrected chi connectivity index (χ4v) is 2.50. The van der Waals surface area contributed by atoms with Gasteiger partial charge in [0.1, 0.15) is 12.4 Å². The van der Waals surface area contributed by atoms with Crippen molar-refractivity contribution in [3.05, 3.63) is 60.2 Å². The number of nitrogens with zero attached hydrogens (tertiary/aromatic N) is 1. The Morgan fingerprint density at radius 1 is 1.03 bits per heavy atom. The third-order valence-electron chi connectivity index (χ3n) is 4.63. The topological polar surface area (TPSA) is 71.7 Å². The van der Waals surface area contributed by atoms with Gasteiger partial charge in [0.25, 0.3) is 0 Å². The van der Waals surface area contributed by atoms with Crippen LogP contribution in [0.4, 0.5) is 5.69 Å². The fraction of sp³-hybridized carbons (Fsp3) is 0.458. The predicted molar refractivity (Wildman–Crippen MR) is 123 cm³/mol. The van der Waals surface area contributed by atoms with Gasteiger partial charge in [0.05, 0.1) is 5.69 Å². The second-order valence-electron chi connectivity index (χ2n) is 8.56. The Labute approximate surface area is 175 Å². The van der Waals surface area contributed by atoms with Gasteiger partial charge in [0.2, 0.25) is 0 Å². The van der Waals surface area contributed by atoms with Crippen LogP contribution in [-0.2, 0) is 6.61 Å². The summed E-state index contributed by atoms with van der Waals surface area (Å²) in [4.78, 5) is 4.75. The Bertz CT molecular complexity index is 739. The van der Waals surface area contributed by atoms with E-state index in [9.17, 15) is 0 Å². The largest absolute Gasteiger partial charge is 0.489 e. The molecule has 0 heterocycles. The van der Waals surface area contributed by atoms with Crippen molar-refractivity contribution in [2.45, 2.75) is 40.7 Å². The number of aliphatic imine (C=N–C) groups is 1. The van der Waals surface area contributed by atoms with Gasteiger partial charge in [-0.3, -0.25) is 0 Å². The van der Waals surface area contributed by atoms with Gasteiger partial charge in [-0.05, 0) is 54.1 Å². The van der Waals surface area contributed by atoms with E-state index in [-0.39, 0.29) is 5.41 Å². The third-order valence-corrected chi connectivity index (χ3v) is 4.63. The summed E-state index contributed by atoms with van der Waals surface area (Å²) < 4.78 is 5.86. The zero-order valence-electron chi connectivity index (χ0n) is 18.2. The van der Waals surface area contributed by atoms with Crippen molar-refractivity contribution in [2.24, 2.45) is 22.1 Å². The first-order valence-electron chi connectivity index (χ1n) is 10.4. The van der Waals surface area contributed by atoms with E-state index in [2.05, 4.69) is 50.5 Å². The summed E-state index contributed by atoms with van der Waals surface area (Å²) in [6.45, 7) is 11.5. The molecular weight excluding hydrogens is 360 g/mol. The number of guanidine groups is 1. The summed E-state index contributed by atoms with van der Waals surface area (Å²) in [5.41, 5.74) is 7.90. The minimum Gasteiger partial charge on any atom is -0.489 e. The minimum absolute atomic E-state index is 0.00956. The average Bonchev–Trinajstić information content (AvgIpc) is 2.72. The highest BCUT2D eigenvalue weighted by molar-refractivity contribution is 5.82. The Morgan fingerprint density at radius 2 is 1.72 bits per heavy atom. The Hall–Kier alpha value is -2.53. The highest BCUT2D eigenvalue weighted by Crippen LogP contribution is 2.19. The molecule has 5 heteroatoms. The zero-order chi connectivity index (χ0) is 21.1. The lowest BCUT2D eigenvalue weighted by Crippen LogP contribution is -2.44. The Morgan fingerprint density at radius 3 is 2.34 bits per heavy atom. The van der Waals surface area contributed by atoms with E-state index in [1.54, 1.807) is 0 Å². The van der Waals surface area contributed by atoms with E-state index in [0.717, 1.165) is 42.5 Å². The van der Waals surface area contributed by atoms with Gasteiger partial charge in [-0.15, -0.1) is 0 Å². The van der Waals surface area contributed by atoms with E-state index < -0.39 is 0 Å². The van der Waals surface area contributed by atoms with E-state index >= 15 is 0 Å². The maximum Gasteiger partial charge on any atom is 0.196 e. The first-order valence-corrected chi connectivity index (χ1v) is 10.4. The van der Waals surface area contributed by atoms with Crippen LogP contribution in [0.1, 0.15) is 39.7 Å². The van der Waals surface area contributed by atoms with E-state index in [1.165, 1.54) is 0 Å². The quantitative estimate of drug-likeness (QED) is 0.409. The molecule has 5 nitrogen and oxygen atoms in total. The number of rotatable bonds is 10. The normalized spacial score (nSPS) is 12.1. The maximum absolute atomic E-state index is 5.86. The maximum atomic E-state index is 5.86. The van der Waals surface area contributed by atoms with Gasteiger partial charge in [0.15, 0.2) is 5.96 Å². The molecule has 0 radical (unpaired) electrons. The molecule has 29 heavy (non-hydrogen) atoms. The molecule has 0 fully saturated rings. The smallest absolute Gasteiger partial charge is 0.196 e. The van der Waals surface area contributed by atoms with Crippen molar-refractivity contribution < 1.29 is 4.74 Å². The van der Waals surface area contributed by atoms with Crippen molar-refractivity contribution in [1.82, 2.24) is 10.6 Å². The second kappa shape index (κ2) is 11.5. The number of hydrogen-bond acceptors (Lipinski definition) is 3. The van der Waals surface area contributed by atoms with Crippen LogP contribution in [0.3, 0.4) is 0 Å². The van der Waals surface area contributed by atoms with Gasteiger partial charge in [-0.25, -0.2) is 4.99 Å². The van der Waals surface area contributed by atoms with E-state index in [1.807, 2.05) is 42.5 Å². The Balaban J connectivity index is 1.99. The standard InChI is InChI=1S/C24H36N4O/c1-19(2)14-15-26-23(27-18-24(3,4)17-25)28-21-10-12-22(13-11-21)29-16-20-8-6-5-7-9-20/h5-13,19H,14-18,25H2,1-4H3,(H2,26,27,28). The van der Waals surface area contributed by atoms with Crippen LogP contribution in [0.15, 0.2) is 59.6 Å². The number of nitrogens with one attached hydrogen (secondary N) is 2. The monoisotopic (exact) mass is 396 g/mol. The molecule has 0 aliphatic rings. The molecule has 0 amide bonds. The summed E-state index contributed by atoms with van der Waals surface area (Å²) in [6, 6.07) is 18.0. The molecule has 0 atom stereocenters. The van der Waals surface area contributed by atoms with E-state index in [4.69, 9.17) is 15.5 Å². The molecule has 0 spiro atoms. The molecule has 0 saturated carbocycles. The molecule has 0 aliphatic carbocycles. The molecule has 4 N–H and O–H groups in total. The fourth-order valence-electron chi connectivity index (χ4n) is 2.50. The molecule has 158 valence electrons. The molecule has 0 aromatic heterocycles. The van der Waals surface area contributed by atoms with Crippen LogP contribution < -0.4 is 21.1 Å². The van der Waals surface area contributed by atoms with Crippen LogP contribution in [-0.4, -0.2) is 25.6 Å². The first kappa shape index (κ1) is 22.8. The zero-order valence-corrected chi connectivity index (χ0v) is 18.2. The third kappa shape index (κ3) is 9.01. The number of nitrogens with two attached hydrogens (primary N) is 1. The van der Waals surface area contributed by atoms with Gasteiger partial charge in [-0.2, -0.15) is 0 Å². The van der Waals surface area contributed by atoms with Gasteiger partial charge >= 0.3 is 0 Å². The summed E-state index contributed by atoms with van der Waals surface area (Å²) in [6.07, 6.45) is 1.09. The van der Waals surface area contributed by atoms with Gasteiger partial charge in [0, 0.05) is 13.1 Å². The molecule has 0 saturated heterocycles. The van der Waals surface area contributed by atoms with Crippen LogP contribution in [0, 0.1) is 11.3 Å². The van der Waals surface area contributed by atoms with Crippen LogP contribution in [0.5, 0.6) is 5.75 Å². The molecule has 2 rings (SSSR count). The molecule has 0 unspecified atom stereocenters. The van der Waals surface area contributed by atoms with Crippen LogP contribution in [0.2, 0.25) is 0 Å². The highest BCUT2D eigenvalue weighted by Gasteiger charge is 2.16. The number of benzene rings is 2. The Kier molecular flexibility index (Phi) is 9.00. The van der Waals surface area contributed by atoms with E-state index in [0.29, 0.717) is 19.1 Å². The lowest BCUT2D eigenvalue weighted by Gasteiger charge is -2.24. The molecule has 2 aromatic carbocycles. The molecule has 0 aliphatic heterocycles. The SMILES string of the molecule is CC(C)CCNC(=Nc1ccc(OCc2ccccc2)cc1)NCC(C)(C)CN. The van der Waals surface area contributed by atoms with Crippen molar-refractivity contribution in [2.75, 3.05) is 19.6 Å². The van der Waals surface area contributed by atoms with Crippen LogP contribution in [0.25, 0.3) is 0 Å². The summed E-state index contributed by atoms with van der Waals surface area (Å²) in [7, 11) is 0. The van der Waals surface area contributed by atoms with Gasteiger partial charge in [-0.1, -0.05) is 58.0 Å². The number of hydrogen-bond donors (Lipinski definition) is 3. The summed E-state index contributed by atoms with van der Waals surface area (Å²) in [5, 5.41) is 6.85. The average molecular weight is 397 g/mol. The van der Waals surface area contributed by atoms with Crippen molar-refractivity contribution in [3.8, 4) is 5.75 Å². The highest BCUT2D eigenvalue weighted by atomic mass is 16.5. The van der Waals surface area contributed by atoms with Crippen LogP contribution >= 0.6 is 0 Å². The van der Waals surface area contributed by atoms with Crippen molar-refractivity contribution in [1.29, 1.82) is 0 Å². The predicted octanol–water partition coefficient (Wildman–Crippen LogP) is 4.46. The lowest BCUT2D eigenvalue weighted by molar-refractivity contribution is 0.306. The molecular formula is C24H36N4O. The lowest BCUT2D eigenvalue weighted by atomic mass is 9.94. The first-order chi connectivity index (χ1) is 13.9. The molecule has 2 aromatic rings. The second-order valence-corrected chi connectivity index (χ2v) is 8.56. The summed E-state index contributed by atoms with van der Waals surface area (Å²) >= 11 is 0.